The molecule has 3 saturated carbocycles. The molecule has 5 rings (SSSR count). The molecule has 0 aromatic rings. The first-order valence-electron chi connectivity index (χ1n) is 12.0. The number of carbonyl (C=O) groups is 1. The molecule has 2 heterocycles. The van der Waals surface area contributed by atoms with Crippen molar-refractivity contribution < 1.29 is 24.6 Å². The Kier molecular flexibility index (Phi) is 4.83. The third-order valence-electron chi connectivity index (χ3n) is 10.3. The molecule has 174 valence electrons. The van der Waals surface area contributed by atoms with Crippen molar-refractivity contribution >= 4 is 11.6 Å². The van der Waals surface area contributed by atoms with Gasteiger partial charge in [0.15, 0.2) is 0 Å². The van der Waals surface area contributed by atoms with E-state index in [1.165, 1.54) is 0 Å². The SMILES string of the molecule is CON=C1CCC23OC4C(CC2(C)C(C)CCC3C1(C)C)C(O)CC1C(=O)NC(O)C14. The number of ether oxygens (including phenoxy) is 1. The average molecular weight is 435 g/mol. The Morgan fingerprint density at radius 2 is 1.97 bits per heavy atom. The summed E-state index contributed by atoms with van der Waals surface area (Å²) in [7, 11) is 1.61. The second-order valence-corrected chi connectivity index (χ2v) is 11.7. The number of nitrogens with zero attached hydrogens (tertiary/aromatic N) is 1. The van der Waals surface area contributed by atoms with E-state index >= 15 is 0 Å². The van der Waals surface area contributed by atoms with Crippen molar-refractivity contribution in [2.45, 2.75) is 90.3 Å². The maximum absolute atomic E-state index is 12.5. The summed E-state index contributed by atoms with van der Waals surface area (Å²) in [6, 6.07) is 0. The topological polar surface area (TPSA) is 100 Å². The molecule has 5 aliphatic rings. The van der Waals surface area contributed by atoms with Crippen LogP contribution in [0.1, 0.15) is 66.2 Å². The van der Waals surface area contributed by atoms with E-state index in [1.54, 1.807) is 7.11 Å². The molecular formula is C24H38N2O5. The fourth-order valence-corrected chi connectivity index (χ4v) is 8.44. The predicted molar refractivity (Wildman–Crippen MR) is 115 cm³/mol. The van der Waals surface area contributed by atoms with Crippen LogP contribution in [0.4, 0.5) is 0 Å². The van der Waals surface area contributed by atoms with Crippen molar-refractivity contribution in [2.24, 2.45) is 45.6 Å². The zero-order valence-electron chi connectivity index (χ0n) is 19.4. The van der Waals surface area contributed by atoms with E-state index in [0.717, 1.165) is 37.8 Å². The van der Waals surface area contributed by atoms with E-state index in [-0.39, 0.29) is 52.1 Å². The van der Waals surface area contributed by atoms with Gasteiger partial charge in [0, 0.05) is 17.3 Å². The zero-order chi connectivity index (χ0) is 22.3. The quantitative estimate of drug-likeness (QED) is 0.551. The first-order valence-corrected chi connectivity index (χ1v) is 12.0. The lowest BCUT2D eigenvalue weighted by atomic mass is 9.42. The van der Waals surface area contributed by atoms with E-state index < -0.39 is 12.3 Å². The highest BCUT2D eigenvalue weighted by Crippen LogP contribution is 2.68. The van der Waals surface area contributed by atoms with Crippen molar-refractivity contribution in [1.82, 2.24) is 5.32 Å². The molecule has 3 N–H and O–H groups in total. The molecule has 0 aromatic carbocycles. The van der Waals surface area contributed by atoms with Gasteiger partial charge in [-0.15, -0.1) is 0 Å². The van der Waals surface area contributed by atoms with Gasteiger partial charge in [0.25, 0.3) is 0 Å². The van der Waals surface area contributed by atoms with Crippen LogP contribution in [-0.2, 0) is 14.4 Å². The molecule has 3 aliphatic carbocycles. The van der Waals surface area contributed by atoms with Gasteiger partial charge in [0.05, 0.1) is 29.4 Å². The van der Waals surface area contributed by atoms with Crippen molar-refractivity contribution in [2.75, 3.05) is 7.11 Å². The molecule has 7 heteroatoms. The van der Waals surface area contributed by atoms with Gasteiger partial charge in [-0.25, -0.2) is 0 Å². The van der Waals surface area contributed by atoms with Crippen LogP contribution in [0.15, 0.2) is 5.16 Å². The minimum absolute atomic E-state index is 0.0578. The highest BCUT2D eigenvalue weighted by atomic mass is 16.6. The summed E-state index contributed by atoms with van der Waals surface area (Å²) in [5.41, 5.74) is 0.474. The minimum Gasteiger partial charge on any atom is -0.399 e. The fraction of sp³-hybridized carbons (Fsp3) is 0.917. The Bertz CT molecular complexity index is 799. The van der Waals surface area contributed by atoms with Crippen molar-refractivity contribution in [3.63, 3.8) is 0 Å². The summed E-state index contributed by atoms with van der Waals surface area (Å²) >= 11 is 0. The highest BCUT2D eigenvalue weighted by Gasteiger charge is 2.70. The van der Waals surface area contributed by atoms with Crippen molar-refractivity contribution in [3.8, 4) is 0 Å². The number of oxime groups is 1. The number of rotatable bonds is 1. The number of nitrogens with one attached hydrogen (secondary N) is 1. The molecule has 2 saturated heterocycles. The second kappa shape index (κ2) is 6.91. The second-order valence-electron chi connectivity index (χ2n) is 11.7. The number of aliphatic hydroxyl groups excluding tert-OH is 2. The van der Waals surface area contributed by atoms with E-state index in [2.05, 4.69) is 38.2 Å². The summed E-state index contributed by atoms with van der Waals surface area (Å²) < 4.78 is 7.22. The smallest absolute Gasteiger partial charge is 0.225 e. The largest absolute Gasteiger partial charge is 0.399 e. The number of hydrogen-bond acceptors (Lipinski definition) is 6. The number of amides is 1. The molecule has 7 nitrogen and oxygen atoms in total. The first-order chi connectivity index (χ1) is 14.6. The molecule has 0 aromatic heterocycles. The van der Waals surface area contributed by atoms with Crippen LogP contribution in [0, 0.1) is 40.4 Å². The molecule has 2 aliphatic heterocycles. The first kappa shape index (κ1) is 21.7. The van der Waals surface area contributed by atoms with Crippen LogP contribution >= 0.6 is 0 Å². The van der Waals surface area contributed by atoms with Gasteiger partial charge in [-0.2, -0.15) is 0 Å². The van der Waals surface area contributed by atoms with Gasteiger partial charge in [-0.1, -0.05) is 32.9 Å². The molecule has 0 radical (unpaired) electrons. The van der Waals surface area contributed by atoms with Crippen LogP contribution in [0.5, 0.6) is 0 Å². The van der Waals surface area contributed by atoms with E-state index in [4.69, 9.17) is 9.57 Å². The number of carbonyl (C=O) groups excluding carboxylic acids is 1. The summed E-state index contributed by atoms with van der Waals surface area (Å²) in [4.78, 5) is 17.7. The third-order valence-corrected chi connectivity index (χ3v) is 10.3. The lowest BCUT2D eigenvalue weighted by Crippen LogP contribution is -2.72. The standard InChI is InChI=1S/C24H38N2O5/c1-12-6-7-16-22(2,3)17(26-30-5)8-9-24(16)23(12,4)11-14-15(27)10-13-18(19(14)31-24)21(29)25-20(13)28/h12-16,18-19,21,27,29H,6-11H2,1-5H3,(H,25,28). The highest BCUT2D eigenvalue weighted by molar-refractivity contribution is 5.90. The van der Waals surface area contributed by atoms with Gasteiger partial charge >= 0.3 is 0 Å². The Balaban J connectivity index is 1.60. The number of aliphatic hydroxyl groups is 2. The van der Waals surface area contributed by atoms with Crippen LogP contribution in [0.25, 0.3) is 0 Å². The van der Waals surface area contributed by atoms with Crippen molar-refractivity contribution in [3.05, 3.63) is 0 Å². The lowest BCUT2D eigenvalue weighted by molar-refractivity contribution is -0.323. The van der Waals surface area contributed by atoms with Gasteiger partial charge in [-0.3, -0.25) is 4.79 Å². The van der Waals surface area contributed by atoms with Gasteiger partial charge in [0.1, 0.15) is 13.3 Å². The number of fused-ring (bicyclic) bond motifs is 3. The predicted octanol–water partition coefficient (Wildman–Crippen LogP) is 2.45. The molecular weight excluding hydrogens is 396 g/mol. The Hall–Kier alpha value is -1.18. The van der Waals surface area contributed by atoms with Crippen LogP contribution in [-0.4, -0.2) is 53.0 Å². The summed E-state index contributed by atoms with van der Waals surface area (Å²) in [6.45, 7) is 9.22. The molecule has 31 heavy (non-hydrogen) atoms. The zero-order valence-corrected chi connectivity index (χ0v) is 19.4. The summed E-state index contributed by atoms with van der Waals surface area (Å²) in [5, 5.41) is 28.9. The maximum atomic E-state index is 12.5. The maximum Gasteiger partial charge on any atom is 0.225 e. The van der Waals surface area contributed by atoms with Crippen molar-refractivity contribution in [1.29, 1.82) is 0 Å². The van der Waals surface area contributed by atoms with Crippen LogP contribution < -0.4 is 5.32 Å². The molecule has 0 bridgehead atoms. The van der Waals surface area contributed by atoms with E-state index in [1.807, 2.05) is 0 Å². The Morgan fingerprint density at radius 3 is 2.68 bits per heavy atom. The van der Waals surface area contributed by atoms with Crippen LogP contribution in [0.3, 0.4) is 0 Å². The average Bonchev–Trinajstić information content (AvgIpc) is 2.98. The fourth-order valence-electron chi connectivity index (χ4n) is 8.44. The molecule has 10 atom stereocenters. The Morgan fingerprint density at radius 1 is 1.23 bits per heavy atom. The van der Waals surface area contributed by atoms with E-state index in [9.17, 15) is 15.0 Å². The molecule has 1 spiro atoms. The Labute approximate surface area is 184 Å². The van der Waals surface area contributed by atoms with Crippen LogP contribution in [0.2, 0.25) is 0 Å². The monoisotopic (exact) mass is 434 g/mol. The summed E-state index contributed by atoms with van der Waals surface area (Å²) in [5.74, 6) is -0.151. The van der Waals surface area contributed by atoms with Gasteiger partial charge < -0.3 is 25.1 Å². The van der Waals surface area contributed by atoms with Gasteiger partial charge in [0.2, 0.25) is 5.91 Å². The third kappa shape index (κ3) is 2.69. The number of hydrogen-bond donors (Lipinski definition) is 3. The van der Waals surface area contributed by atoms with Gasteiger partial charge in [-0.05, 0) is 55.8 Å². The van der Waals surface area contributed by atoms with E-state index in [0.29, 0.717) is 12.3 Å². The molecule has 1 amide bonds. The lowest BCUT2D eigenvalue weighted by Gasteiger charge is -2.69. The molecule has 5 fully saturated rings. The summed E-state index contributed by atoms with van der Waals surface area (Å²) in [6.07, 6.45) is 3.33. The minimum atomic E-state index is -0.903. The molecule has 10 unspecified atom stereocenters. The normalized spacial score (nSPS) is 54.3.